The summed E-state index contributed by atoms with van der Waals surface area (Å²) in [6.45, 7) is 12.1. The molecule has 0 bridgehead atoms. The molecule has 0 saturated carbocycles. The predicted molar refractivity (Wildman–Crippen MR) is 146 cm³/mol. The van der Waals surface area contributed by atoms with E-state index >= 15 is 0 Å². The Morgan fingerprint density at radius 1 is 1.11 bits per heavy atom. The number of amides is 2. The van der Waals surface area contributed by atoms with Crippen LogP contribution in [0.5, 0.6) is 0 Å². The van der Waals surface area contributed by atoms with Crippen molar-refractivity contribution in [1.29, 1.82) is 0 Å². The number of ether oxygens (including phenoxy) is 1. The van der Waals surface area contributed by atoms with Crippen molar-refractivity contribution in [3.05, 3.63) is 46.3 Å². The van der Waals surface area contributed by atoms with Gasteiger partial charge in [-0.3, -0.25) is 9.59 Å². The molecule has 0 fully saturated rings. The van der Waals surface area contributed by atoms with E-state index in [1.54, 1.807) is 58.9 Å². The van der Waals surface area contributed by atoms with Gasteiger partial charge in [-0.1, -0.05) is 35.5 Å². The van der Waals surface area contributed by atoms with Gasteiger partial charge in [-0.15, -0.1) is 0 Å². The number of aromatic nitrogens is 3. The first kappa shape index (κ1) is 30.6. The number of hydrogen-bond donors (Lipinski definition) is 3. The van der Waals surface area contributed by atoms with Crippen molar-refractivity contribution in [2.24, 2.45) is 0 Å². The lowest BCUT2D eigenvalue weighted by Gasteiger charge is -2.18. The van der Waals surface area contributed by atoms with E-state index in [0.29, 0.717) is 38.5 Å². The van der Waals surface area contributed by atoms with Crippen molar-refractivity contribution in [1.82, 2.24) is 25.8 Å². The van der Waals surface area contributed by atoms with Crippen LogP contribution >= 0.6 is 11.3 Å². The third-order valence-electron chi connectivity index (χ3n) is 4.68. The van der Waals surface area contributed by atoms with E-state index in [4.69, 9.17) is 9.26 Å². The van der Waals surface area contributed by atoms with Gasteiger partial charge in [-0.2, -0.15) is 4.98 Å². The normalized spacial score (nSPS) is 10.8. The molecule has 2 amide bonds. The smallest absolute Gasteiger partial charge is 0.350 e. The minimum absolute atomic E-state index is 0.0376. The van der Waals surface area contributed by atoms with Gasteiger partial charge in [0.05, 0.1) is 5.69 Å². The molecule has 11 nitrogen and oxygen atoms in total. The van der Waals surface area contributed by atoms with Gasteiger partial charge in [-0.05, 0) is 59.8 Å². The molecule has 0 aliphatic rings. The largest absolute Gasteiger partial charge is 0.456 e. The Morgan fingerprint density at radius 2 is 1.84 bits per heavy atom. The van der Waals surface area contributed by atoms with Crippen LogP contribution in [-0.2, 0) is 9.53 Å². The number of nitrogens with zero attached hydrogens (tertiary/aromatic N) is 3. The fraction of sp³-hybridized carbons (Fsp3) is 0.462. The maximum atomic E-state index is 12.4. The molecular formula is C26H36N6O5S. The maximum Gasteiger partial charge on any atom is 0.350 e. The number of aryl methyl sites for hydroxylation is 2. The van der Waals surface area contributed by atoms with E-state index in [2.05, 4.69) is 38.0 Å². The highest BCUT2D eigenvalue weighted by Gasteiger charge is 2.23. The minimum atomic E-state index is -0.626. The molecule has 3 aromatic rings. The lowest BCUT2D eigenvalue weighted by atomic mass is 10.1. The molecular weight excluding hydrogens is 508 g/mol. The van der Waals surface area contributed by atoms with Crippen LogP contribution in [0.25, 0.3) is 11.4 Å². The predicted octanol–water partition coefficient (Wildman–Crippen LogP) is 4.14. The highest BCUT2D eigenvalue weighted by molar-refractivity contribution is 7.17. The number of carbonyl (C=O) groups is 3. The van der Waals surface area contributed by atoms with E-state index in [9.17, 15) is 14.4 Å². The van der Waals surface area contributed by atoms with Crippen LogP contribution in [0.3, 0.4) is 0 Å². The first-order valence-corrected chi connectivity index (χ1v) is 13.1. The molecule has 0 atom stereocenters. The van der Waals surface area contributed by atoms with E-state index in [0.717, 1.165) is 17.9 Å². The Balaban J connectivity index is 0.000000926. The maximum absolute atomic E-state index is 12.4. The van der Waals surface area contributed by atoms with Gasteiger partial charge in [0, 0.05) is 31.0 Å². The first-order valence-electron chi connectivity index (χ1n) is 12.3. The van der Waals surface area contributed by atoms with Crippen molar-refractivity contribution < 1.29 is 23.6 Å². The summed E-state index contributed by atoms with van der Waals surface area (Å²) in [4.78, 5) is 45.6. The van der Waals surface area contributed by atoms with Crippen LogP contribution in [0, 0.1) is 13.8 Å². The highest BCUT2D eigenvalue weighted by Crippen LogP contribution is 2.25. The van der Waals surface area contributed by atoms with Crippen molar-refractivity contribution >= 4 is 34.3 Å². The molecule has 38 heavy (non-hydrogen) atoms. The van der Waals surface area contributed by atoms with Crippen molar-refractivity contribution in [3.63, 3.8) is 0 Å². The molecule has 0 spiro atoms. The summed E-state index contributed by atoms with van der Waals surface area (Å²) in [5.41, 5.74) is 0.915. The van der Waals surface area contributed by atoms with Crippen molar-refractivity contribution in [3.8, 4) is 11.4 Å². The molecule has 0 unspecified atom stereocenters. The lowest BCUT2D eigenvalue weighted by molar-refractivity contribution is -0.116. The second kappa shape index (κ2) is 14.3. The fourth-order valence-electron chi connectivity index (χ4n) is 3.00. The first-order chi connectivity index (χ1) is 17.9. The number of hydrogen-bond acceptors (Lipinski definition) is 10. The zero-order chi connectivity index (χ0) is 28.3. The van der Waals surface area contributed by atoms with Gasteiger partial charge in [0.15, 0.2) is 5.13 Å². The van der Waals surface area contributed by atoms with Crippen LogP contribution in [0.15, 0.2) is 28.8 Å². The van der Waals surface area contributed by atoms with Crippen LogP contribution in [0.4, 0.5) is 5.13 Å². The molecule has 3 rings (SSSR count). The van der Waals surface area contributed by atoms with Crippen LogP contribution in [0.2, 0.25) is 0 Å². The van der Waals surface area contributed by atoms with Gasteiger partial charge < -0.3 is 25.2 Å². The summed E-state index contributed by atoms with van der Waals surface area (Å²) >= 11 is 1.05. The average Bonchev–Trinajstić information content (AvgIpc) is 3.44. The molecule has 3 N–H and O–H groups in total. The molecule has 0 saturated heterocycles. The number of nitrogens with one attached hydrogen (secondary N) is 3. The van der Waals surface area contributed by atoms with E-state index in [-0.39, 0.29) is 24.8 Å². The second-order valence-electron chi connectivity index (χ2n) is 9.31. The highest BCUT2D eigenvalue weighted by atomic mass is 32.1. The minimum Gasteiger partial charge on any atom is -0.456 e. The van der Waals surface area contributed by atoms with Gasteiger partial charge in [0.2, 0.25) is 17.6 Å². The van der Waals surface area contributed by atoms with E-state index < -0.39 is 11.6 Å². The van der Waals surface area contributed by atoms with Crippen LogP contribution in [0.1, 0.15) is 72.2 Å². The molecule has 0 aliphatic heterocycles. The molecule has 1 aromatic carbocycles. The second-order valence-corrected chi connectivity index (χ2v) is 10.3. The Morgan fingerprint density at radius 3 is 2.42 bits per heavy atom. The van der Waals surface area contributed by atoms with Gasteiger partial charge in [0.1, 0.15) is 10.5 Å². The zero-order valence-electron chi connectivity index (χ0n) is 22.9. The number of rotatable bonds is 9. The average molecular weight is 545 g/mol. The summed E-state index contributed by atoms with van der Waals surface area (Å²) in [5.74, 6) is -0.327. The monoisotopic (exact) mass is 544 g/mol. The van der Waals surface area contributed by atoms with Crippen LogP contribution in [-0.4, -0.2) is 58.6 Å². The molecule has 0 aliphatic carbocycles. The number of carbonyl (C=O) groups excluding carboxylic acids is 3. The standard InChI is InChI=1S/C22H25N5O5S.C4H11N/c1-12-17(20(30)31-22(3,4)5)33-21(24-12)26-16(28)9-10-23-19(29)15-8-6-7-14(11-15)18-25-13(2)32-27-18;1-3-4-5-2/h6-8,11H,9-10H2,1-5H3,(H,23,29)(H,24,26,28);5H,3-4H2,1-2H3. The molecule has 2 heterocycles. The summed E-state index contributed by atoms with van der Waals surface area (Å²) in [6.07, 6.45) is 1.27. The fourth-order valence-corrected chi connectivity index (χ4v) is 3.86. The quantitative estimate of drug-likeness (QED) is 0.338. The number of anilines is 1. The van der Waals surface area contributed by atoms with E-state index in [1.807, 2.05) is 7.05 Å². The molecule has 206 valence electrons. The SMILES string of the molecule is CCCNC.Cc1nc(-c2cccc(C(=O)NCCC(=O)Nc3nc(C)c(C(=O)OC(C)(C)C)s3)c2)no1. The van der Waals surface area contributed by atoms with Crippen LogP contribution < -0.4 is 16.0 Å². The summed E-state index contributed by atoms with van der Waals surface area (Å²) < 4.78 is 10.3. The topological polar surface area (TPSA) is 148 Å². The number of esters is 1. The molecule has 12 heteroatoms. The Kier molecular flexibility index (Phi) is 11.5. The number of thiazole rings is 1. The Labute approximate surface area is 226 Å². The molecule has 2 aromatic heterocycles. The third kappa shape index (κ3) is 10.0. The number of benzene rings is 1. The van der Waals surface area contributed by atoms with Crippen molar-refractivity contribution in [2.45, 2.75) is 60.0 Å². The van der Waals surface area contributed by atoms with E-state index in [1.165, 1.54) is 6.42 Å². The van der Waals surface area contributed by atoms with Gasteiger partial charge >= 0.3 is 5.97 Å². The zero-order valence-corrected chi connectivity index (χ0v) is 23.7. The third-order valence-corrected chi connectivity index (χ3v) is 5.73. The van der Waals surface area contributed by atoms with Crippen molar-refractivity contribution in [2.75, 3.05) is 25.5 Å². The van der Waals surface area contributed by atoms with Gasteiger partial charge in [-0.25, -0.2) is 9.78 Å². The van der Waals surface area contributed by atoms with Gasteiger partial charge in [0.25, 0.3) is 5.91 Å². The lowest BCUT2D eigenvalue weighted by Crippen LogP contribution is -2.27. The Hall–Kier alpha value is -3.64. The summed E-state index contributed by atoms with van der Waals surface area (Å²) in [5, 5.41) is 12.5. The summed E-state index contributed by atoms with van der Waals surface area (Å²) in [6, 6.07) is 6.80. The summed E-state index contributed by atoms with van der Waals surface area (Å²) in [7, 11) is 1.96. The molecule has 0 radical (unpaired) electrons. The Bertz CT molecular complexity index is 1230.